The van der Waals surface area contributed by atoms with Gasteiger partial charge in [-0.25, -0.2) is 4.39 Å². The van der Waals surface area contributed by atoms with E-state index in [1.54, 1.807) is 28.4 Å². The minimum absolute atomic E-state index is 0.0513. The van der Waals surface area contributed by atoms with Gasteiger partial charge in [-0.1, -0.05) is 17.7 Å². The number of nitrogens with zero attached hydrogens (tertiary/aromatic N) is 2. The third-order valence-corrected chi connectivity index (χ3v) is 7.72. The third kappa shape index (κ3) is 5.56. The molecule has 0 N–H and O–H groups in total. The maximum absolute atomic E-state index is 13.6. The van der Waals surface area contributed by atoms with Crippen molar-refractivity contribution in [3.63, 3.8) is 0 Å². The number of benzene rings is 2. The van der Waals surface area contributed by atoms with Crippen molar-refractivity contribution in [2.24, 2.45) is 5.92 Å². The maximum atomic E-state index is 13.6. The molecule has 7 heteroatoms. The lowest BCUT2D eigenvalue weighted by molar-refractivity contribution is -0.135. The van der Waals surface area contributed by atoms with E-state index in [1.807, 2.05) is 41.5 Å². The van der Waals surface area contributed by atoms with E-state index in [0.29, 0.717) is 30.3 Å². The molecule has 1 aliphatic heterocycles. The Labute approximate surface area is 209 Å². The van der Waals surface area contributed by atoms with E-state index in [-0.39, 0.29) is 36.8 Å². The molecule has 2 aliphatic rings. The van der Waals surface area contributed by atoms with Crippen LogP contribution >= 0.6 is 11.3 Å². The average molecular weight is 493 g/mol. The van der Waals surface area contributed by atoms with Crippen LogP contribution in [0.2, 0.25) is 0 Å². The molecular weight excluding hydrogens is 463 g/mol. The summed E-state index contributed by atoms with van der Waals surface area (Å²) in [7, 11) is 0. The van der Waals surface area contributed by atoms with Crippen LogP contribution in [0.5, 0.6) is 5.75 Å². The van der Waals surface area contributed by atoms with Gasteiger partial charge < -0.3 is 14.5 Å². The molecule has 5 nitrogen and oxygen atoms in total. The Hall–Kier alpha value is -3.19. The highest BCUT2D eigenvalue weighted by atomic mass is 32.1. The van der Waals surface area contributed by atoms with Crippen LogP contribution < -0.4 is 4.74 Å². The number of thiophene rings is 1. The second-order valence-electron chi connectivity index (χ2n) is 9.41. The van der Waals surface area contributed by atoms with E-state index in [9.17, 15) is 14.0 Å². The highest BCUT2D eigenvalue weighted by Gasteiger charge is 2.35. The van der Waals surface area contributed by atoms with Gasteiger partial charge in [0.1, 0.15) is 24.7 Å². The molecule has 0 radical (unpaired) electrons. The van der Waals surface area contributed by atoms with Crippen molar-refractivity contribution in [3.05, 3.63) is 87.4 Å². The van der Waals surface area contributed by atoms with Gasteiger partial charge in [0.15, 0.2) is 0 Å². The molecular formula is C28H29FN2O3S. The lowest BCUT2D eigenvalue weighted by Crippen LogP contribution is -2.48. The normalized spacial score (nSPS) is 17.1. The number of aryl methyl sites for hydroxylation is 1. The molecule has 1 aliphatic carbocycles. The number of halogens is 1. The minimum atomic E-state index is -0.319. The Morgan fingerprint density at radius 3 is 2.54 bits per heavy atom. The first-order chi connectivity index (χ1) is 17.0. The van der Waals surface area contributed by atoms with Gasteiger partial charge in [0.25, 0.3) is 5.91 Å². The van der Waals surface area contributed by atoms with Crippen molar-refractivity contribution in [2.45, 2.75) is 32.2 Å². The molecule has 1 aromatic heterocycles. The van der Waals surface area contributed by atoms with E-state index in [2.05, 4.69) is 6.07 Å². The molecule has 35 heavy (non-hydrogen) atoms. The lowest BCUT2D eigenvalue weighted by atomic mass is 10.00. The molecule has 5 rings (SSSR count). The molecule has 182 valence electrons. The van der Waals surface area contributed by atoms with Crippen LogP contribution in [0.15, 0.2) is 60.0 Å². The van der Waals surface area contributed by atoms with Gasteiger partial charge in [-0.3, -0.25) is 9.59 Å². The molecule has 0 bridgehead atoms. The summed E-state index contributed by atoms with van der Waals surface area (Å²) in [6.07, 6.45) is 2.99. The quantitative estimate of drug-likeness (QED) is 0.431. The number of carbonyl (C=O) groups excluding carboxylic acids is 2. The Morgan fingerprint density at radius 2 is 1.83 bits per heavy atom. The Morgan fingerprint density at radius 1 is 1.09 bits per heavy atom. The summed E-state index contributed by atoms with van der Waals surface area (Å²) >= 11 is 1.69. The molecule has 0 saturated heterocycles. The SMILES string of the molecule is Cc1ccc(C(=O)N(CC(=O)N2CCc3sccc3C2COc2ccc(F)cc2)CC2CC2)cc1. The molecule has 2 aromatic carbocycles. The topological polar surface area (TPSA) is 49.9 Å². The van der Waals surface area contributed by atoms with Crippen LogP contribution in [0.1, 0.15) is 45.2 Å². The first-order valence-corrected chi connectivity index (χ1v) is 13.0. The molecule has 1 saturated carbocycles. The number of amides is 2. The smallest absolute Gasteiger partial charge is 0.254 e. The van der Waals surface area contributed by atoms with Crippen molar-refractivity contribution < 1.29 is 18.7 Å². The van der Waals surface area contributed by atoms with E-state index in [4.69, 9.17) is 4.74 Å². The Bertz CT molecular complexity index is 1190. The summed E-state index contributed by atoms with van der Waals surface area (Å²) < 4.78 is 19.3. The largest absolute Gasteiger partial charge is 0.491 e. The van der Waals surface area contributed by atoms with Crippen molar-refractivity contribution in [1.82, 2.24) is 9.80 Å². The van der Waals surface area contributed by atoms with Crippen LogP contribution in [-0.4, -0.2) is 47.9 Å². The predicted molar refractivity (Wildman–Crippen MR) is 134 cm³/mol. The first-order valence-electron chi connectivity index (χ1n) is 12.1. The number of hydrogen-bond acceptors (Lipinski definition) is 4. The number of hydrogen-bond donors (Lipinski definition) is 0. The van der Waals surface area contributed by atoms with Gasteiger partial charge >= 0.3 is 0 Å². The number of carbonyl (C=O) groups is 2. The molecule has 2 amide bonds. The maximum Gasteiger partial charge on any atom is 0.254 e. The van der Waals surface area contributed by atoms with Crippen molar-refractivity contribution in [1.29, 1.82) is 0 Å². The second-order valence-corrected chi connectivity index (χ2v) is 10.4. The van der Waals surface area contributed by atoms with E-state index in [0.717, 1.165) is 30.4 Å². The first kappa shape index (κ1) is 23.5. The molecule has 3 aromatic rings. The summed E-state index contributed by atoms with van der Waals surface area (Å²) in [6.45, 7) is 3.50. The Kier molecular flexibility index (Phi) is 6.86. The lowest BCUT2D eigenvalue weighted by Gasteiger charge is -2.37. The summed E-state index contributed by atoms with van der Waals surface area (Å²) in [4.78, 5) is 31.8. The highest BCUT2D eigenvalue weighted by Crippen LogP contribution is 2.35. The number of rotatable bonds is 8. The van der Waals surface area contributed by atoms with Gasteiger partial charge in [-0.05, 0) is 85.5 Å². The highest BCUT2D eigenvalue weighted by molar-refractivity contribution is 7.10. The summed E-state index contributed by atoms with van der Waals surface area (Å²) in [6, 6.07) is 15.2. The average Bonchev–Trinajstić information content (AvgIpc) is 3.55. The standard InChI is InChI=1S/C28H29FN2O3S/c1-19-2-6-21(7-3-19)28(33)30(16-20-4-5-20)17-27(32)31-14-12-26-24(13-15-35-26)25(31)18-34-23-10-8-22(29)9-11-23/h2-3,6-11,13,15,20,25H,4-5,12,14,16-18H2,1H3. The predicted octanol–water partition coefficient (Wildman–Crippen LogP) is 5.25. The van der Waals surface area contributed by atoms with Crippen LogP contribution in [0.25, 0.3) is 0 Å². The molecule has 1 atom stereocenters. The molecule has 2 heterocycles. The van der Waals surface area contributed by atoms with Crippen molar-refractivity contribution in [2.75, 3.05) is 26.2 Å². The van der Waals surface area contributed by atoms with Crippen molar-refractivity contribution >= 4 is 23.2 Å². The van der Waals surface area contributed by atoms with Gasteiger partial charge in [-0.2, -0.15) is 0 Å². The molecule has 0 spiro atoms. The third-order valence-electron chi connectivity index (χ3n) is 6.72. The fraction of sp³-hybridized carbons (Fsp3) is 0.357. The fourth-order valence-electron chi connectivity index (χ4n) is 4.54. The monoisotopic (exact) mass is 492 g/mol. The van der Waals surface area contributed by atoms with Crippen LogP contribution in [0.4, 0.5) is 4.39 Å². The Balaban J connectivity index is 1.33. The fourth-order valence-corrected chi connectivity index (χ4v) is 5.47. The van der Waals surface area contributed by atoms with Crippen molar-refractivity contribution in [3.8, 4) is 5.75 Å². The summed E-state index contributed by atoms with van der Waals surface area (Å²) in [5.74, 6) is 0.542. The van der Waals surface area contributed by atoms with Crippen LogP contribution in [-0.2, 0) is 11.2 Å². The van der Waals surface area contributed by atoms with Crippen LogP contribution in [0.3, 0.4) is 0 Å². The van der Waals surface area contributed by atoms with E-state index >= 15 is 0 Å². The summed E-state index contributed by atoms with van der Waals surface area (Å²) in [5.41, 5.74) is 2.80. The summed E-state index contributed by atoms with van der Waals surface area (Å²) in [5, 5.41) is 2.05. The van der Waals surface area contributed by atoms with E-state index in [1.165, 1.54) is 17.0 Å². The second kappa shape index (κ2) is 10.2. The van der Waals surface area contributed by atoms with Gasteiger partial charge in [0.05, 0.1) is 6.04 Å². The zero-order valence-electron chi connectivity index (χ0n) is 19.8. The molecule has 1 fully saturated rings. The number of fused-ring (bicyclic) bond motifs is 1. The van der Waals surface area contributed by atoms with Gasteiger partial charge in [-0.15, -0.1) is 11.3 Å². The molecule has 1 unspecified atom stereocenters. The number of ether oxygens (including phenoxy) is 1. The van der Waals surface area contributed by atoms with Gasteiger partial charge in [0, 0.05) is 23.5 Å². The minimum Gasteiger partial charge on any atom is -0.491 e. The van der Waals surface area contributed by atoms with E-state index < -0.39 is 0 Å². The zero-order valence-corrected chi connectivity index (χ0v) is 20.6. The van der Waals surface area contributed by atoms with Gasteiger partial charge in [0.2, 0.25) is 5.91 Å². The zero-order chi connectivity index (χ0) is 24.4. The van der Waals surface area contributed by atoms with Crippen LogP contribution in [0, 0.1) is 18.7 Å².